The second-order valence-electron chi connectivity index (χ2n) is 9.57. The maximum atomic E-state index is 10.6. The minimum absolute atomic E-state index is 0. The summed E-state index contributed by atoms with van der Waals surface area (Å²) in [5.74, 6) is -3.67. The van der Waals surface area contributed by atoms with Crippen LogP contribution in [0.2, 0.25) is 0 Å². The Morgan fingerprint density at radius 1 is 0.538 bits per heavy atom. The first-order valence-electron chi connectivity index (χ1n) is 14.1. The van der Waals surface area contributed by atoms with Crippen molar-refractivity contribution in [2.75, 3.05) is 0 Å². The second kappa shape index (κ2) is 23.0. The number of hydrogen-bond donors (Lipinski definition) is 2. The number of hydrogen-bond acceptors (Lipinski definition) is 8. The molecule has 8 nitrogen and oxygen atoms in total. The fraction of sp³-hybridized carbons (Fsp3) is 0.118. The Labute approximate surface area is 332 Å². The number of thioether (sulfide) groups is 2. The number of halogens is 6. The molecule has 0 radical (unpaired) electrons. The van der Waals surface area contributed by atoms with Crippen molar-refractivity contribution in [1.82, 2.24) is 19.9 Å². The van der Waals surface area contributed by atoms with E-state index in [2.05, 4.69) is 80.6 Å². The first kappa shape index (κ1) is 46.3. The van der Waals surface area contributed by atoms with E-state index in [0.29, 0.717) is 0 Å². The minimum atomic E-state index is -5.08. The Morgan fingerprint density at radius 2 is 0.865 bits per heavy atom. The molecule has 0 aliphatic carbocycles. The van der Waals surface area contributed by atoms with Gasteiger partial charge in [-0.1, -0.05) is 48.5 Å². The van der Waals surface area contributed by atoms with Crippen LogP contribution >= 0.6 is 23.5 Å². The van der Waals surface area contributed by atoms with Crippen LogP contribution < -0.4 is 0 Å². The smallest absolute Gasteiger partial charge is 0.475 e. The summed E-state index contributed by atoms with van der Waals surface area (Å²) in [5.41, 5.74) is 4.62. The Kier molecular flexibility index (Phi) is 20.5. The molecule has 0 saturated carbocycles. The van der Waals surface area contributed by atoms with Crippen LogP contribution in [0.15, 0.2) is 132 Å². The maximum Gasteiger partial charge on any atom is 1.00 e. The van der Waals surface area contributed by atoms with Crippen LogP contribution in [-0.4, -0.2) is 54.4 Å². The van der Waals surface area contributed by atoms with Crippen LogP contribution in [0.5, 0.6) is 0 Å². The van der Waals surface area contributed by atoms with Gasteiger partial charge in [0.2, 0.25) is 0 Å². The molecule has 0 unspecified atom stereocenters. The van der Waals surface area contributed by atoms with Gasteiger partial charge in [0.15, 0.2) is 0 Å². The van der Waals surface area contributed by atoms with Gasteiger partial charge in [-0.15, -0.1) is 23.5 Å². The van der Waals surface area contributed by atoms with E-state index in [-0.39, 0.29) is 44.8 Å². The zero-order chi connectivity index (χ0) is 36.6. The van der Waals surface area contributed by atoms with Gasteiger partial charge in [0.05, 0.1) is 11.0 Å². The number of nitrogens with zero attached hydrogens (tertiary/aromatic N) is 4. The zero-order valence-electron chi connectivity index (χ0n) is 26.1. The number of pyridine rings is 4. The largest absolute Gasteiger partial charge is 1.00 e. The average Bonchev–Trinajstić information content (AvgIpc) is 3.11. The molecule has 280 valence electrons. The number of alkyl halides is 6. The van der Waals surface area contributed by atoms with Crippen molar-refractivity contribution in [2.45, 2.75) is 33.6 Å². The molecule has 0 bridgehead atoms. The normalized spacial score (nSPS) is 10.4. The van der Waals surface area contributed by atoms with Crippen LogP contribution in [0, 0.1) is 0 Å². The molecule has 52 heavy (non-hydrogen) atoms. The molecule has 2 aromatic carbocycles. The zero-order valence-corrected chi connectivity index (χ0v) is 30.7. The predicted octanol–water partition coefficient (Wildman–Crippen LogP) is 9.11. The molecule has 0 saturated heterocycles. The van der Waals surface area contributed by atoms with Gasteiger partial charge in [-0.3, -0.25) is 19.9 Å². The number of carboxylic acids is 2. The number of rotatable bonds is 6. The quantitative estimate of drug-likeness (QED) is 0.0949. The number of fused-ring (bicyclic) bond motifs is 2. The summed E-state index contributed by atoms with van der Waals surface area (Å²) in [6, 6.07) is 28.8. The number of benzene rings is 2. The number of carbonyl (C=O) groups is 2. The van der Waals surface area contributed by atoms with Crippen LogP contribution in [0.1, 0.15) is 11.1 Å². The van der Waals surface area contributed by atoms with Gasteiger partial charge in [0.25, 0.3) is 0 Å². The maximum absolute atomic E-state index is 10.6. The van der Waals surface area contributed by atoms with Crippen molar-refractivity contribution in [3.05, 3.63) is 133 Å². The van der Waals surface area contributed by atoms with Gasteiger partial charge >= 0.3 is 69.1 Å². The third kappa shape index (κ3) is 16.3. The summed E-state index contributed by atoms with van der Waals surface area (Å²) >= 11 is 3.60. The topological polar surface area (TPSA) is 126 Å². The van der Waals surface area contributed by atoms with Crippen molar-refractivity contribution in [3.8, 4) is 0 Å². The molecule has 4 heterocycles. The number of aromatic nitrogens is 4. The average molecular weight is 948 g/mol. The number of para-hydroxylation sites is 2. The molecule has 0 aliphatic heterocycles. The molecule has 0 atom stereocenters. The van der Waals surface area contributed by atoms with Gasteiger partial charge in [0, 0.05) is 69.3 Å². The SMILES string of the molecule is O=C(O)C(F)(F)F.O=C(O)C(F)(F)F.[Ag+].[Ag+].c1cncc(CSc2cccc3cccnc23)c1.c1cncc(CSc2cccc3cccnc23)c1. The van der Waals surface area contributed by atoms with E-state index in [9.17, 15) is 26.3 Å². The predicted molar refractivity (Wildman–Crippen MR) is 178 cm³/mol. The van der Waals surface area contributed by atoms with E-state index in [0.717, 1.165) is 22.5 Å². The van der Waals surface area contributed by atoms with Crippen molar-refractivity contribution < 1.29 is 90.9 Å². The molecule has 6 rings (SSSR count). The van der Waals surface area contributed by atoms with Gasteiger partial charge in [-0.05, 0) is 47.5 Å². The van der Waals surface area contributed by atoms with Crippen LogP contribution in [0.4, 0.5) is 26.3 Å². The molecule has 0 fully saturated rings. The van der Waals surface area contributed by atoms with Gasteiger partial charge in [0.1, 0.15) is 0 Å². The Morgan fingerprint density at radius 3 is 1.17 bits per heavy atom. The van der Waals surface area contributed by atoms with E-state index < -0.39 is 24.3 Å². The van der Waals surface area contributed by atoms with Crippen molar-refractivity contribution in [3.63, 3.8) is 0 Å². The molecular weight excluding hydrogens is 922 g/mol. The third-order valence-corrected chi connectivity index (χ3v) is 8.15. The molecule has 6 aromatic rings. The first-order chi connectivity index (χ1) is 23.8. The Hall–Kier alpha value is -3.74. The van der Waals surface area contributed by atoms with E-state index in [1.54, 1.807) is 35.9 Å². The summed E-state index contributed by atoms with van der Waals surface area (Å²) in [5, 5.41) is 16.6. The van der Waals surface area contributed by atoms with Gasteiger partial charge in [-0.25, -0.2) is 9.59 Å². The molecule has 0 amide bonds. The fourth-order valence-electron chi connectivity index (χ4n) is 3.67. The summed E-state index contributed by atoms with van der Waals surface area (Å²) < 4.78 is 63.5. The van der Waals surface area contributed by atoms with Gasteiger partial charge in [-0.2, -0.15) is 26.3 Å². The van der Waals surface area contributed by atoms with Crippen LogP contribution in [0.25, 0.3) is 21.8 Å². The summed E-state index contributed by atoms with van der Waals surface area (Å²) in [4.78, 5) is 37.4. The Balaban J connectivity index is 0.000000375. The molecule has 2 N–H and O–H groups in total. The number of aliphatic carboxylic acids is 2. The minimum Gasteiger partial charge on any atom is -0.475 e. The van der Waals surface area contributed by atoms with E-state index in [1.165, 1.54) is 31.7 Å². The van der Waals surface area contributed by atoms with Crippen molar-refractivity contribution in [2.24, 2.45) is 0 Å². The van der Waals surface area contributed by atoms with E-state index >= 15 is 0 Å². The second-order valence-corrected chi connectivity index (χ2v) is 11.6. The third-order valence-electron chi connectivity index (χ3n) is 5.91. The molecule has 0 spiro atoms. The van der Waals surface area contributed by atoms with Gasteiger partial charge < -0.3 is 10.2 Å². The summed E-state index contributed by atoms with van der Waals surface area (Å²) in [6.45, 7) is 0. The molecular formula is C34H26Ag2F6N4O4S2+2. The first-order valence-corrected chi connectivity index (χ1v) is 16.0. The van der Waals surface area contributed by atoms with E-state index in [1.807, 2.05) is 49.1 Å². The van der Waals surface area contributed by atoms with E-state index in [4.69, 9.17) is 19.8 Å². The standard InChI is InChI=1S/2C15H12N2S.2C2HF3O2.2Ag/c2*1-5-13-6-3-9-17-15(13)14(7-1)18-11-12-4-2-8-16-10-12;2*3-2(4,5)1(6)7;;/h2*1-10H,11H2;2*(H,6,7);;/q;;;;2*+1. The number of carboxylic acid groups (broad SMARTS) is 2. The fourth-order valence-corrected chi connectivity index (χ4v) is 5.62. The van der Waals surface area contributed by atoms with Crippen LogP contribution in [0.3, 0.4) is 0 Å². The van der Waals surface area contributed by atoms with Crippen molar-refractivity contribution >= 4 is 57.3 Å². The molecule has 18 heteroatoms. The monoisotopic (exact) mass is 946 g/mol. The van der Waals surface area contributed by atoms with Crippen molar-refractivity contribution in [1.29, 1.82) is 0 Å². The summed E-state index contributed by atoms with van der Waals surface area (Å²) in [6.07, 6.45) is 0.936. The summed E-state index contributed by atoms with van der Waals surface area (Å²) in [7, 11) is 0. The molecule has 0 aliphatic rings. The Bertz CT molecular complexity index is 1830. The molecule has 4 aromatic heterocycles. The van der Waals surface area contributed by atoms with Crippen LogP contribution in [-0.2, 0) is 65.9 Å².